The summed E-state index contributed by atoms with van der Waals surface area (Å²) >= 11 is 1.57. The summed E-state index contributed by atoms with van der Waals surface area (Å²) in [4.78, 5) is 14.2. The maximum Gasteiger partial charge on any atom is 0.324 e. The number of aryl methyl sites for hydroxylation is 1. The number of rotatable bonds is 8. The van der Waals surface area contributed by atoms with Gasteiger partial charge in [0.2, 0.25) is 0 Å². The van der Waals surface area contributed by atoms with Gasteiger partial charge in [0.05, 0.1) is 41.8 Å². The lowest BCUT2D eigenvalue weighted by molar-refractivity contribution is 0.0908. The molecule has 0 spiro atoms. The van der Waals surface area contributed by atoms with Crippen molar-refractivity contribution < 1.29 is 24.4 Å². The largest absolute Gasteiger partial charge is 0.496 e. The minimum atomic E-state index is -0.568. The summed E-state index contributed by atoms with van der Waals surface area (Å²) in [7, 11) is 3.15. The molecule has 0 saturated heterocycles. The van der Waals surface area contributed by atoms with Crippen LogP contribution in [0.4, 0.5) is 5.82 Å². The zero-order valence-electron chi connectivity index (χ0n) is 20.3. The monoisotopic (exact) mass is 508 g/mol. The Kier molecular flexibility index (Phi) is 6.90. The first kappa shape index (κ1) is 24.2. The molecule has 3 N–H and O–H groups in total. The number of methoxy groups -OCH3 is 2. The van der Waals surface area contributed by atoms with Gasteiger partial charge in [0, 0.05) is 36.8 Å². The van der Waals surface area contributed by atoms with Gasteiger partial charge in [-0.2, -0.15) is 9.97 Å². The molecule has 1 fully saturated rings. The molecule has 1 aliphatic carbocycles. The summed E-state index contributed by atoms with van der Waals surface area (Å²) in [6.45, 7) is 1.84. The quantitative estimate of drug-likeness (QED) is 0.318. The highest BCUT2D eigenvalue weighted by Gasteiger charge is 2.33. The number of nitrogens with zero attached hydrogens (tertiary/aromatic N) is 3. The van der Waals surface area contributed by atoms with Gasteiger partial charge in [-0.3, -0.25) is 0 Å². The summed E-state index contributed by atoms with van der Waals surface area (Å²) in [5, 5.41) is 24.2. The molecule has 2 heterocycles. The van der Waals surface area contributed by atoms with Gasteiger partial charge in [-0.05, 0) is 31.9 Å². The highest BCUT2D eigenvalue weighted by molar-refractivity contribution is 7.21. The van der Waals surface area contributed by atoms with Crippen LogP contribution in [0.15, 0.2) is 42.5 Å². The normalized spacial score (nSPS) is 19.4. The van der Waals surface area contributed by atoms with Crippen LogP contribution in [0, 0.1) is 12.8 Å². The van der Waals surface area contributed by atoms with Crippen molar-refractivity contribution in [1.29, 1.82) is 0 Å². The molecule has 2 aromatic carbocycles. The second-order valence-corrected chi connectivity index (χ2v) is 9.81. The first-order valence-corrected chi connectivity index (χ1v) is 12.5. The molecule has 0 radical (unpaired) electrons. The highest BCUT2D eigenvalue weighted by atomic mass is 32.1. The molecule has 36 heavy (non-hydrogen) atoms. The summed E-state index contributed by atoms with van der Waals surface area (Å²) < 4.78 is 17.8. The van der Waals surface area contributed by atoms with Gasteiger partial charge in [0.15, 0.2) is 0 Å². The fourth-order valence-electron chi connectivity index (χ4n) is 4.49. The van der Waals surface area contributed by atoms with Crippen molar-refractivity contribution in [3.8, 4) is 33.8 Å². The van der Waals surface area contributed by atoms with Gasteiger partial charge in [-0.15, -0.1) is 11.3 Å². The fourth-order valence-corrected chi connectivity index (χ4v) is 5.55. The van der Waals surface area contributed by atoms with Gasteiger partial charge in [-0.1, -0.05) is 12.1 Å². The topological polar surface area (TPSA) is 119 Å². The lowest BCUT2D eigenvalue weighted by Crippen LogP contribution is -2.19. The average molecular weight is 509 g/mol. The number of hydrogen-bond donors (Lipinski definition) is 3. The van der Waals surface area contributed by atoms with E-state index in [1.165, 1.54) is 0 Å². The third-order valence-corrected chi connectivity index (χ3v) is 7.40. The van der Waals surface area contributed by atoms with Crippen molar-refractivity contribution in [2.45, 2.75) is 31.9 Å². The third-order valence-electron chi connectivity index (χ3n) is 6.34. The Balaban J connectivity index is 1.54. The molecule has 0 bridgehead atoms. The number of aromatic nitrogens is 3. The molecule has 3 atom stereocenters. The summed E-state index contributed by atoms with van der Waals surface area (Å²) in [5.41, 5.74) is 2.39. The van der Waals surface area contributed by atoms with E-state index in [0.717, 1.165) is 20.8 Å². The molecule has 10 heteroatoms. The number of aliphatic hydroxyl groups excluding tert-OH is 2. The Labute approximate surface area is 212 Å². The van der Waals surface area contributed by atoms with Crippen LogP contribution in [0.2, 0.25) is 0 Å². The fraction of sp³-hybridized carbons (Fsp3) is 0.346. The molecule has 9 nitrogen and oxygen atoms in total. The van der Waals surface area contributed by atoms with Crippen LogP contribution in [-0.4, -0.2) is 58.1 Å². The minimum absolute atomic E-state index is 0.0566. The van der Waals surface area contributed by atoms with Gasteiger partial charge in [0.25, 0.3) is 0 Å². The number of ether oxygens (including phenoxy) is 3. The zero-order chi connectivity index (χ0) is 25.2. The molecular formula is C26H28N4O5S. The van der Waals surface area contributed by atoms with Crippen LogP contribution < -0.4 is 19.5 Å². The molecule has 188 valence electrons. The van der Waals surface area contributed by atoms with Crippen molar-refractivity contribution >= 4 is 27.4 Å². The van der Waals surface area contributed by atoms with Gasteiger partial charge in [-0.25, -0.2) is 4.98 Å². The van der Waals surface area contributed by atoms with E-state index >= 15 is 0 Å². The van der Waals surface area contributed by atoms with Gasteiger partial charge >= 0.3 is 6.01 Å². The lowest BCUT2D eigenvalue weighted by Gasteiger charge is -2.18. The SMILES string of the molecule is COc1cc(OC)cc(Oc2nc(C)c(-c3nc4ccccc4s3)c(N[C@@H]3C[C@H](CO)[C@@H](O)C3)n2)c1. The van der Waals surface area contributed by atoms with Crippen LogP contribution in [-0.2, 0) is 0 Å². The summed E-state index contributed by atoms with van der Waals surface area (Å²) in [6, 6.07) is 13.3. The van der Waals surface area contributed by atoms with E-state index in [2.05, 4.69) is 10.3 Å². The molecule has 1 saturated carbocycles. The molecule has 0 amide bonds. The molecule has 2 aromatic heterocycles. The van der Waals surface area contributed by atoms with E-state index in [9.17, 15) is 10.2 Å². The van der Waals surface area contributed by atoms with E-state index in [0.29, 0.717) is 41.6 Å². The minimum Gasteiger partial charge on any atom is -0.496 e. The standard InChI is InChI=1S/C26H28N4O5S/c1-14-23(25-29-20-6-4-5-7-22(20)36-25)24(28-16-8-15(13-31)21(32)9-16)30-26(27-14)35-19-11-17(33-2)10-18(12-19)34-3/h4-7,10-12,15-16,21,31-32H,8-9,13H2,1-3H3,(H,27,28,30)/t15-,16-,21+/m1/s1. The number of anilines is 1. The van der Waals surface area contributed by atoms with Crippen LogP contribution in [0.5, 0.6) is 23.3 Å². The Morgan fingerprint density at radius 2 is 1.72 bits per heavy atom. The number of hydrogen-bond acceptors (Lipinski definition) is 10. The third kappa shape index (κ3) is 4.92. The van der Waals surface area contributed by atoms with E-state index in [4.69, 9.17) is 24.2 Å². The average Bonchev–Trinajstić information content (AvgIpc) is 3.45. The number of para-hydroxylation sites is 1. The van der Waals surface area contributed by atoms with Crippen molar-refractivity contribution in [3.05, 3.63) is 48.2 Å². The number of nitrogens with one attached hydrogen (secondary N) is 1. The lowest BCUT2D eigenvalue weighted by atomic mass is 10.1. The summed E-state index contributed by atoms with van der Waals surface area (Å²) in [5.74, 6) is 2.04. The maximum absolute atomic E-state index is 10.3. The molecule has 5 rings (SSSR count). The Bertz CT molecular complexity index is 1320. The maximum atomic E-state index is 10.3. The smallest absolute Gasteiger partial charge is 0.324 e. The van der Waals surface area contributed by atoms with Gasteiger partial charge in [0.1, 0.15) is 28.1 Å². The molecule has 0 aliphatic heterocycles. The Morgan fingerprint density at radius 1 is 1.00 bits per heavy atom. The second-order valence-electron chi connectivity index (χ2n) is 8.78. The van der Waals surface area contributed by atoms with Crippen LogP contribution in [0.1, 0.15) is 18.5 Å². The van der Waals surface area contributed by atoms with Crippen molar-refractivity contribution in [2.24, 2.45) is 5.92 Å². The van der Waals surface area contributed by atoms with E-state index in [1.807, 2.05) is 31.2 Å². The Morgan fingerprint density at radius 3 is 2.39 bits per heavy atom. The van der Waals surface area contributed by atoms with Gasteiger partial charge < -0.3 is 29.7 Å². The Hall–Kier alpha value is -3.47. The molecule has 4 aromatic rings. The highest BCUT2D eigenvalue weighted by Crippen LogP contribution is 2.39. The van der Waals surface area contributed by atoms with Crippen LogP contribution in [0.25, 0.3) is 20.8 Å². The predicted molar refractivity (Wildman–Crippen MR) is 138 cm³/mol. The van der Waals surface area contributed by atoms with Crippen molar-refractivity contribution in [3.63, 3.8) is 0 Å². The number of aliphatic hydroxyl groups is 2. The number of benzene rings is 2. The zero-order valence-corrected chi connectivity index (χ0v) is 21.1. The predicted octanol–water partition coefficient (Wildman–Crippen LogP) is 4.41. The van der Waals surface area contributed by atoms with Crippen LogP contribution in [0.3, 0.4) is 0 Å². The number of thiazole rings is 1. The van der Waals surface area contributed by atoms with E-state index < -0.39 is 6.10 Å². The van der Waals surface area contributed by atoms with Crippen LogP contribution >= 0.6 is 11.3 Å². The molecule has 0 unspecified atom stereocenters. The molecular weight excluding hydrogens is 480 g/mol. The first-order chi connectivity index (χ1) is 17.5. The second kappa shape index (κ2) is 10.3. The number of fused-ring (bicyclic) bond motifs is 1. The van der Waals surface area contributed by atoms with Crippen molar-refractivity contribution in [2.75, 3.05) is 26.1 Å². The van der Waals surface area contributed by atoms with E-state index in [1.54, 1.807) is 43.8 Å². The van der Waals surface area contributed by atoms with E-state index in [-0.39, 0.29) is 24.6 Å². The van der Waals surface area contributed by atoms with Crippen molar-refractivity contribution in [1.82, 2.24) is 15.0 Å². The molecule has 1 aliphatic rings. The summed E-state index contributed by atoms with van der Waals surface area (Å²) in [6.07, 6.45) is 0.571. The first-order valence-electron chi connectivity index (χ1n) is 11.7.